The number of halogens is 3. The number of piperidine rings is 1. The number of likely N-dealkylation sites (tertiary alicyclic amines) is 1. The Balaban J connectivity index is 0.000000383. The largest absolute Gasteiger partial charge is 0.490 e. The highest BCUT2D eigenvalue weighted by atomic mass is 19.4. The number of hydrogen-bond acceptors (Lipinski definition) is 5. The second kappa shape index (κ2) is 9.92. The molecule has 3 heterocycles. The van der Waals surface area contributed by atoms with Crippen molar-refractivity contribution in [3.05, 3.63) is 47.8 Å². The number of anilines is 1. The standard InChI is InChI=1S/C20H26N4O2.C2HF3O2/c1-22-14-16(13-21-22)15-23-9-7-20(8-10-23)17-5-3-4-6-18(17)24(19(20)25)11-12-26-2;3-2(4,5)1(6)7/h3-6,13-14H,7-12,15H2,1-2H3;(H,6,7). The van der Waals surface area contributed by atoms with Crippen LogP contribution in [0.5, 0.6) is 0 Å². The van der Waals surface area contributed by atoms with Crippen LogP contribution in [0.1, 0.15) is 24.0 Å². The molecule has 11 heteroatoms. The number of carbonyl (C=O) groups is 2. The van der Waals surface area contributed by atoms with E-state index in [2.05, 4.69) is 34.4 Å². The molecule has 1 spiro atoms. The molecule has 0 atom stereocenters. The quantitative estimate of drug-likeness (QED) is 0.726. The third-order valence-electron chi connectivity index (χ3n) is 6.00. The minimum Gasteiger partial charge on any atom is -0.475 e. The summed E-state index contributed by atoms with van der Waals surface area (Å²) in [5, 5.41) is 11.4. The molecule has 0 radical (unpaired) electrons. The number of aromatic nitrogens is 2. The van der Waals surface area contributed by atoms with E-state index in [-0.39, 0.29) is 11.3 Å². The number of alkyl halides is 3. The van der Waals surface area contributed by atoms with Crippen LogP contribution in [0.25, 0.3) is 0 Å². The summed E-state index contributed by atoms with van der Waals surface area (Å²) in [6.45, 7) is 3.92. The van der Waals surface area contributed by atoms with Crippen molar-refractivity contribution in [3.8, 4) is 0 Å². The fraction of sp³-hybridized carbons (Fsp3) is 0.500. The lowest BCUT2D eigenvalue weighted by atomic mass is 9.73. The molecule has 180 valence electrons. The molecule has 2 aromatic rings. The number of nitrogens with zero attached hydrogens (tertiary/aromatic N) is 4. The highest BCUT2D eigenvalue weighted by molar-refractivity contribution is 6.08. The molecule has 2 aliphatic rings. The molecule has 33 heavy (non-hydrogen) atoms. The van der Waals surface area contributed by atoms with Gasteiger partial charge in [-0.05, 0) is 37.6 Å². The number of ether oxygens (including phenoxy) is 1. The van der Waals surface area contributed by atoms with Gasteiger partial charge in [0.1, 0.15) is 0 Å². The van der Waals surface area contributed by atoms with Gasteiger partial charge in [0.05, 0.1) is 18.2 Å². The van der Waals surface area contributed by atoms with Crippen molar-refractivity contribution in [1.82, 2.24) is 14.7 Å². The number of para-hydroxylation sites is 1. The fourth-order valence-electron chi connectivity index (χ4n) is 4.39. The Hall–Kier alpha value is -2.92. The summed E-state index contributed by atoms with van der Waals surface area (Å²) < 4.78 is 38.8. The number of carboxylic acid groups (broad SMARTS) is 1. The predicted molar refractivity (Wildman–Crippen MR) is 114 cm³/mol. The van der Waals surface area contributed by atoms with E-state index in [0.29, 0.717) is 13.2 Å². The first kappa shape index (κ1) is 24.7. The first-order valence-electron chi connectivity index (χ1n) is 10.5. The van der Waals surface area contributed by atoms with Crippen molar-refractivity contribution >= 4 is 17.6 Å². The van der Waals surface area contributed by atoms with Crippen molar-refractivity contribution in [1.29, 1.82) is 0 Å². The maximum Gasteiger partial charge on any atom is 0.490 e. The average molecular weight is 468 g/mol. The lowest BCUT2D eigenvalue weighted by Crippen LogP contribution is -2.49. The van der Waals surface area contributed by atoms with E-state index < -0.39 is 12.1 Å². The van der Waals surface area contributed by atoms with Crippen LogP contribution in [0.3, 0.4) is 0 Å². The van der Waals surface area contributed by atoms with Crippen LogP contribution in [-0.4, -0.2) is 71.2 Å². The molecular weight excluding hydrogens is 441 g/mol. The summed E-state index contributed by atoms with van der Waals surface area (Å²) in [6, 6.07) is 8.27. The monoisotopic (exact) mass is 468 g/mol. The van der Waals surface area contributed by atoms with E-state index in [9.17, 15) is 18.0 Å². The molecule has 1 N–H and O–H groups in total. The highest BCUT2D eigenvalue weighted by Gasteiger charge is 2.51. The number of carboxylic acids is 1. The molecule has 1 aromatic carbocycles. The summed E-state index contributed by atoms with van der Waals surface area (Å²) >= 11 is 0. The molecule has 1 saturated heterocycles. The van der Waals surface area contributed by atoms with E-state index in [4.69, 9.17) is 14.6 Å². The topological polar surface area (TPSA) is 87.9 Å². The van der Waals surface area contributed by atoms with E-state index in [1.54, 1.807) is 7.11 Å². The molecular formula is C22H27F3N4O4. The minimum atomic E-state index is -5.08. The number of aliphatic carboxylic acids is 1. The molecule has 1 fully saturated rings. The number of hydrogen-bond donors (Lipinski definition) is 1. The molecule has 8 nitrogen and oxygen atoms in total. The smallest absolute Gasteiger partial charge is 0.475 e. The zero-order chi connectivity index (χ0) is 24.2. The Morgan fingerprint density at radius 3 is 2.42 bits per heavy atom. The molecule has 2 aliphatic heterocycles. The molecule has 0 bridgehead atoms. The lowest BCUT2D eigenvalue weighted by molar-refractivity contribution is -0.192. The van der Waals surface area contributed by atoms with Crippen LogP contribution in [0, 0.1) is 0 Å². The minimum absolute atomic E-state index is 0.247. The number of methoxy groups -OCH3 is 1. The van der Waals surface area contributed by atoms with Gasteiger partial charge in [0, 0.05) is 44.7 Å². The summed E-state index contributed by atoms with van der Waals surface area (Å²) in [4.78, 5) is 26.6. The Bertz CT molecular complexity index is 984. The van der Waals surface area contributed by atoms with Crippen LogP contribution in [0.2, 0.25) is 0 Å². The van der Waals surface area contributed by atoms with Crippen LogP contribution < -0.4 is 4.90 Å². The van der Waals surface area contributed by atoms with Gasteiger partial charge in [-0.3, -0.25) is 14.4 Å². The number of fused-ring (bicyclic) bond motifs is 2. The predicted octanol–water partition coefficient (Wildman–Crippen LogP) is 2.58. The van der Waals surface area contributed by atoms with Crippen LogP contribution in [-0.2, 0) is 33.3 Å². The zero-order valence-electron chi connectivity index (χ0n) is 18.5. The summed E-state index contributed by atoms with van der Waals surface area (Å²) in [5.74, 6) is -2.51. The number of amides is 1. The van der Waals surface area contributed by atoms with Crippen LogP contribution in [0.15, 0.2) is 36.7 Å². The van der Waals surface area contributed by atoms with Gasteiger partial charge < -0.3 is 14.7 Å². The van der Waals surface area contributed by atoms with Gasteiger partial charge in [-0.15, -0.1) is 0 Å². The van der Waals surface area contributed by atoms with Crippen molar-refractivity contribution in [3.63, 3.8) is 0 Å². The fourth-order valence-corrected chi connectivity index (χ4v) is 4.39. The first-order valence-corrected chi connectivity index (χ1v) is 10.5. The van der Waals surface area contributed by atoms with Crippen LogP contribution >= 0.6 is 0 Å². The third kappa shape index (κ3) is 5.36. The summed E-state index contributed by atoms with van der Waals surface area (Å²) in [5.41, 5.74) is 3.12. The lowest BCUT2D eigenvalue weighted by Gasteiger charge is -2.38. The average Bonchev–Trinajstić information content (AvgIpc) is 3.28. The molecule has 1 amide bonds. The Morgan fingerprint density at radius 2 is 1.88 bits per heavy atom. The third-order valence-corrected chi connectivity index (χ3v) is 6.00. The van der Waals surface area contributed by atoms with Crippen molar-refractivity contribution in [2.75, 3.05) is 38.3 Å². The SMILES string of the molecule is COCCN1C(=O)C2(CCN(Cc3cnn(C)c3)CC2)c2ccccc21.O=C(O)C(F)(F)F. The van der Waals surface area contributed by atoms with E-state index in [1.807, 2.05) is 28.9 Å². The van der Waals surface area contributed by atoms with Gasteiger partial charge >= 0.3 is 12.1 Å². The summed E-state index contributed by atoms with van der Waals surface area (Å²) in [7, 11) is 3.62. The van der Waals surface area contributed by atoms with Crippen LogP contribution in [0.4, 0.5) is 18.9 Å². The maximum absolute atomic E-state index is 13.4. The van der Waals surface area contributed by atoms with E-state index in [0.717, 1.165) is 38.2 Å². The second-order valence-electron chi connectivity index (χ2n) is 8.15. The number of aryl methyl sites for hydroxylation is 1. The van der Waals surface area contributed by atoms with Gasteiger partial charge in [0.25, 0.3) is 0 Å². The normalized spacial score (nSPS) is 17.6. The molecule has 0 unspecified atom stereocenters. The Kier molecular flexibility index (Phi) is 7.43. The maximum atomic E-state index is 13.4. The molecule has 1 aromatic heterocycles. The van der Waals surface area contributed by atoms with Crippen molar-refractivity contribution in [2.24, 2.45) is 7.05 Å². The van der Waals surface area contributed by atoms with Gasteiger partial charge in [-0.1, -0.05) is 18.2 Å². The van der Waals surface area contributed by atoms with Gasteiger partial charge in [-0.2, -0.15) is 18.3 Å². The second-order valence-corrected chi connectivity index (χ2v) is 8.15. The number of carbonyl (C=O) groups excluding carboxylic acids is 1. The zero-order valence-corrected chi connectivity index (χ0v) is 18.5. The number of rotatable bonds is 5. The Morgan fingerprint density at radius 1 is 1.24 bits per heavy atom. The first-order chi connectivity index (χ1) is 15.6. The Labute approximate surface area is 189 Å². The summed E-state index contributed by atoms with van der Waals surface area (Å²) in [6.07, 6.45) is 0.638. The van der Waals surface area contributed by atoms with E-state index in [1.165, 1.54) is 11.1 Å². The molecule has 0 saturated carbocycles. The van der Waals surface area contributed by atoms with Gasteiger partial charge in [0.2, 0.25) is 5.91 Å². The van der Waals surface area contributed by atoms with Crippen molar-refractivity contribution < 1.29 is 32.6 Å². The highest BCUT2D eigenvalue weighted by Crippen LogP contribution is 2.47. The number of benzene rings is 1. The van der Waals surface area contributed by atoms with Gasteiger partial charge in [-0.25, -0.2) is 4.79 Å². The molecule has 4 rings (SSSR count). The van der Waals surface area contributed by atoms with Gasteiger partial charge in [0.15, 0.2) is 0 Å². The van der Waals surface area contributed by atoms with E-state index >= 15 is 0 Å². The molecule has 0 aliphatic carbocycles. The van der Waals surface area contributed by atoms with Crippen molar-refractivity contribution in [2.45, 2.75) is 31.0 Å².